The molecule has 1 aromatic carbocycles. The van der Waals surface area contributed by atoms with Crippen LogP contribution in [0.4, 0.5) is 0 Å². The highest BCUT2D eigenvalue weighted by molar-refractivity contribution is 5.81. The van der Waals surface area contributed by atoms with Gasteiger partial charge in [0.25, 0.3) is 0 Å². The fraction of sp³-hybridized carbons (Fsp3) is 0.500. The summed E-state index contributed by atoms with van der Waals surface area (Å²) in [5.74, 6) is -0.0457. The number of nitrogens with zero attached hydrogens (tertiary/aromatic N) is 4. The maximum absolute atomic E-state index is 12.7. The summed E-state index contributed by atoms with van der Waals surface area (Å²) in [6.45, 7) is 6.37. The lowest BCUT2D eigenvalue weighted by Gasteiger charge is -2.34. The molecule has 1 fully saturated rings. The highest BCUT2D eigenvalue weighted by Crippen LogP contribution is 2.14. The Morgan fingerprint density at radius 3 is 2.08 bits per heavy atom. The fourth-order valence-electron chi connectivity index (χ4n) is 3.37. The lowest BCUT2D eigenvalue weighted by Crippen LogP contribution is -2.51. The summed E-state index contributed by atoms with van der Waals surface area (Å²) >= 11 is 0. The molecule has 1 aliphatic rings. The van der Waals surface area contributed by atoms with Crippen LogP contribution >= 0.6 is 0 Å². The van der Waals surface area contributed by atoms with Crippen molar-refractivity contribution in [1.82, 2.24) is 18.9 Å². The lowest BCUT2D eigenvalue weighted by atomic mass is 10.3. The number of aryl methyl sites for hydroxylation is 1. The highest BCUT2D eigenvalue weighted by Gasteiger charge is 2.24. The first kappa shape index (κ1) is 17.3. The molecule has 2 heterocycles. The van der Waals surface area contributed by atoms with Crippen molar-refractivity contribution in [2.45, 2.75) is 33.4 Å². The molecule has 0 unspecified atom stereocenters. The molecule has 1 aromatic heterocycles. The number of rotatable bonds is 4. The fourth-order valence-corrected chi connectivity index (χ4v) is 3.37. The van der Waals surface area contributed by atoms with Crippen molar-refractivity contribution in [2.24, 2.45) is 0 Å². The largest absolute Gasteiger partial charge is 0.339 e. The second-order valence-corrected chi connectivity index (χ2v) is 6.40. The Morgan fingerprint density at radius 1 is 0.960 bits per heavy atom. The van der Waals surface area contributed by atoms with Crippen molar-refractivity contribution in [2.75, 3.05) is 26.2 Å². The zero-order valence-corrected chi connectivity index (χ0v) is 14.8. The van der Waals surface area contributed by atoms with Crippen molar-refractivity contribution in [3.63, 3.8) is 0 Å². The van der Waals surface area contributed by atoms with Crippen LogP contribution in [0.2, 0.25) is 0 Å². The van der Waals surface area contributed by atoms with Crippen LogP contribution in [0.25, 0.3) is 11.0 Å². The standard InChI is InChI=1S/C18H24N4O3/c1-3-8-21-15-6-4-5-7-16(15)22(18(21)25)13-17(24)20-11-9-19(10-12-20)14(2)23/h4-7H,3,8-13H2,1-2H3. The predicted octanol–water partition coefficient (Wildman–Crippen LogP) is 0.904. The first-order chi connectivity index (χ1) is 12.0. The molecule has 134 valence electrons. The van der Waals surface area contributed by atoms with Gasteiger partial charge in [-0.1, -0.05) is 19.1 Å². The van der Waals surface area contributed by atoms with Gasteiger partial charge in [0, 0.05) is 39.6 Å². The minimum atomic E-state index is -0.140. The summed E-state index contributed by atoms with van der Waals surface area (Å²) in [6.07, 6.45) is 0.856. The van der Waals surface area contributed by atoms with E-state index in [9.17, 15) is 14.4 Å². The average Bonchev–Trinajstić information content (AvgIpc) is 2.88. The number of hydrogen-bond acceptors (Lipinski definition) is 3. The van der Waals surface area contributed by atoms with E-state index in [1.165, 1.54) is 0 Å². The van der Waals surface area contributed by atoms with Crippen LogP contribution in [0.15, 0.2) is 29.1 Å². The van der Waals surface area contributed by atoms with Crippen LogP contribution < -0.4 is 5.69 Å². The molecule has 0 aliphatic carbocycles. The van der Waals surface area contributed by atoms with Crippen LogP contribution in [0, 0.1) is 0 Å². The van der Waals surface area contributed by atoms with Gasteiger partial charge in [-0.2, -0.15) is 0 Å². The number of hydrogen-bond donors (Lipinski definition) is 0. The topological polar surface area (TPSA) is 67.6 Å². The van der Waals surface area contributed by atoms with E-state index in [1.807, 2.05) is 31.2 Å². The zero-order chi connectivity index (χ0) is 18.0. The summed E-state index contributed by atoms with van der Waals surface area (Å²) in [5.41, 5.74) is 1.51. The molecule has 1 saturated heterocycles. The Kier molecular flexibility index (Phi) is 4.92. The van der Waals surface area contributed by atoms with Gasteiger partial charge >= 0.3 is 5.69 Å². The number of imidazole rings is 1. The lowest BCUT2D eigenvalue weighted by molar-refractivity contribution is -0.138. The Balaban J connectivity index is 1.81. The van der Waals surface area contributed by atoms with Gasteiger partial charge in [-0.05, 0) is 18.6 Å². The van der Waals surface area contributed by atoms with E-state index in [0.29, 0.717) is 32.7 Å². The molecular formula is C18H24N4O3. The number of piperazine rings is 1. The summed E-state index contributed by atoms with van der Waals surface area (Å²) in [4.78, 5) is 40.3. The monoisotopic (exact) mass is 344 g/mol. The second-order valence-electron chi connectivity index (χ2n) is 6.40. The van der Waals surface area contributed by atoms with Gasteiger partial charge in [0.2, 0.25) is 11.8 Å². The summed E-state index contributed by atoms with van der Waals surface area (Å²) in [7, 11) is 0. The number of carbonyl (C=O) groups is 2. The van der Waals surface area contributed by atoms with E-state index in [2.05, 4.69) is 0 Å². The first-order valence-corrected chi connectivity index (χ1v) is 8.74. The maximum atomic E-state index is 12.7. The van der Waals surface area contributed by atoms with Crippen molar-refractivity contribution >= 4 is 22.8 Å². The second kappa shape index (κ2) is 7.13. The summed E-state index contributed by atoms with van der Waals surface area (Å²) < 4.78 is 3.29. The molecule has 0 saturated carbocycles. The molecule has 0 N–H and O–H groups in total. The van der Waals surface area contributed by atoms with Gasteiger partial charge in [0.1, 0.15) is 6.54 Å². The minimum absolute atomic E-state index is 0.0333. The number of aromatic nitrogens is 2. The average molecular weight is 344 g/mol. The van der Waals surface area contributed by atoms with E-state index in [4.69, 9.17) is 0 Å². The molecular weight excluding hydrogens is 320 g/mol. The third-order valence-corrected chi connectivity index (χ3v) is 4.74. The van der Waals surface area contributed by atoms with E-state index in [0.717, 1.165) is 17.5 Å². The van der Waals surface area contributed by atoms with Crippen molar-refractivity contribution in [3.05, 3.63) is 34.7 Å². The Morgan fingerprint density at radius 2 is 1.52 bits per heavy atom. The highest BCUT2D eigenvalue weighted by atomic mass is 16.2. The maximum Gasteiger partial charge on any atom is 0.329 e. The third kappa shape index (κ3) is 3.31. The Hall–Kier alpha value is -2.57. The van der Waals surface area contributed by atoms with Crippen molar-refractivity contribution in [3.8, 4) is 0 Å². The van der Waals surface area contributed by atoms with Gasteiger partial charge in [-0.25, -0.2) is 4.79 Å². The molecule has 7 heteroatoms. The molecule has 7 nitrogen and oxygen atoms in total. The number of para-hydroxylation sites is 2. The number of fused-ring (bicyclic) bond motifs is 1. The minimum Gasteiger partial charge on any atom is -0.339 e. The smallest absolute Gasteiger partial charge is 0.329 e. The van der Waals surface area contributed by atoms with Gasteiger partial charge in [0.05, 0.1) is 11.0 Å². The molecule has 3 rings (SSSR count). The number of amides is 2. The first-order valence-electron chi connectivity index (χ1n) is 8.74. The van der Waals surface area contributed by atoms with E-state index in [-0.39, 0.29) is 24.0 Å². The quantitative estimate of drug-likeness (QED) is 0.828. The summed E-state index contributed by atoms with van der Waals surface area (Å²) in [6, 6.07) is 7.58. The van der Waals surface area contributed by atoms with Crippen LogP contribution in [0.5, 0.6) is 0 Å². The van der Waals surface area contributed by atoms with Crippen LogP contribution in [-0.2, 0) is 22.7 Å². The van der Waals surface area contributed by atoms with Crippen molar-refractivity contribution < 1.29 is 9.59 Å². The third-order valence-electron chi connectivity index (χ3n) is 4.74. The Bertz CT molecular complexity index is 844. The molecule has 0 spiro atoms. The Labute approximate surface area is 146 Å². The predicted molar refractivity (Wildman–Crippen MR) is 95.3 cm³/mol. The normalized spacial score (nSPS) is 15.0. The molecule has 1 aliphatic heterocycles. The van der Waals surface area contributed by atoms with E-state index in [1.54, 1.807) is 25.9 Å². The molecule has 0 radical (unpaired) electrons. The molecule has 0 bridgehead atoms. The van der Waals surface area contributed by atoms with Crippen LogP contribution in [0.1, 0.15) is 20.3 Å². The van der Waals surface area contributed by atoms with Gasteiger partial charge in [0.15, 0.2) is 0 Å². The van der Waals surface area contributed by atoms with Gasteiger partial charge in [-0.3, -0.25) is 18.7 Å². The van der Waals surface area contributed by atoms with Crippen LogP contribution in [-0.4, -0.2) is 56.9 Å². The van der Waals surface area contributed by atoms with Gasteiger partial charge < -0.3 is 9.80 Å². The molecule has 25 heavy (non-hydrogen) atoms. The molecule has 2 aromatic rings. The van der Waals surface area contributed by atoms with Gasteiger partial charge in [-0.15, -0.1) is 0 Å². The van der Waals surface area contributed by atoms with Crippen molar-refractivity contribution in [1.29, 1.82) is 0 Å². The number of benzene rings is 1. The summed E-state index contributed by atoms with van der Waals surface area (Å²) in [5, 5.41) is 0. The molecule has 2 amide bonds. The van der Waals surface area contributed by atoms with E-state index < -0.39 is 0 Å². The molecule has 0 atom stereocenters. The number of carbonyl (C=O) groups excluding carboxylic acids is 2. The zero-order valence-electron chi connectivity index (χ0n) is 14.8. The SMILES string of the molecule is CCCn1c(=O)n(CC(=O)N2CCN(C(C)=O)CC2)c2ccccc21. The van der Waals surface area contributed by atoms with Crippen LogP contribution in [0.3, 0.4) is 0 Å². The van der Waals surface area contributed by atoms with E-state index >= 15 is 0 Å².